The topological polar surface area (TPSA) is 61.1 Å². The molecule has 1 N–H and O–H groups in total. The molecule has 0 saturated heterocycles. The Labute approximate surface area is 116 Å². The van der Waals surface area contributed by atoms with Crippen molar-refractivity contribution in [2.75, 3.05) is 0 Å². The van der Waals surface area contributed by atoms with E-state index in [0.717, 1.165) is 10.4 Å². The Morgan fingerprint density at radius 2 is 1.53 bits per heavy atom. The van der Waals surface area contributed by atoms with E-state index in [9.17, 15) is 15.2 Å². The molecule has 5 heteroatoms. The minimum atomic E-state index is -1.79. The van der Waals surface area contributed by atoms with Crippen molar-refractivity contribution < 1.29 is 9.90 Å². The standard InChI is InChI=1S/C14H21NO2Si2/c1-18(2,3)12-8-11(14(16)17)13(19(4,5)6)7-10(12)9-15/h7-8H,1-6H3,(H,16,17). The van der Waals surface area contributed by atoms with E-state index >= 15 is 0 Å². The largest absolute Gasteiger partial charge is 0.478 e. The Morgan fingerprint density at radius 3 is 1.84 bits per heavy atom. The van der Waals surface area contributed by atoms with E-state index in [4.69, 9.17) is 0 Å². The predicted molar refractivity (Wildman–Crippen MR) is 84.1 cm³/mol. The molecule has 0 amide bonds. The van der Waals surface area contributed by atoms with Crippen molar-refractivity contribution in [1.29, 1.82) is 5.26 Å². The average Bonchev–Trinajstić information content (AvgIpc) is 2.24. The molecule has 0 unspecified atom stereocenters. The van der Waals surface area contributed by atoms with Crippen LogP contribution < -0.4 is 10.4 Å². The van der Waals surface area contributed by atoms with Gasteiger partial charge in [0, 0.05) is 0 Å². The highest BCUT2D eigenvalue weighted by Crippen LogP contribution is 2.13. The molecule has 0 aliphatic rings. The fourth-order valence-electron chi connectivity index (χ4n) is 2.11. The molecule has 0 aliphatic heterocycles. The highest BCUT2D eigenvalue weighted by molar-refractivity contribution is 6.91. The number of nitrogens with zero attached hydrogens (tertiary/aromatic N) is 1. The van der Waals surface area contributed by atoms with Crippen molar-refractivity contribution >= 4 is 32.5 Å². The summed E-state index contributed by atoms with van der Waals surface area (Å²) in [5, 5.41) is 20.6. The van der Waals surface area contributed by atoms with Gasteiger partial charge in [-0.1, -0.05) is 39.3 Å². The van der Waals surface area contributed by atoms with E-state index in [0.29, 0.717) is 11.1 Å². The molecular weight excluding hydrogens is 270 g/mol. The predicted octanol–water partition coefficient (Wildman–Crippen LogP) is 2.35. The summed E-state index contributed by atoms with van der Waals surface area (Å²) in [5.74, 6) is -0.888. The zero-order valence-electron chi connectivity index (χ0n) is 12.5. The zero-order chi connectivity index (χ0) is 15.0. The number of carbonyl (C=O) groups is 1. The summed E-state index contributed by atoms with van der Waals surface area (Å²) in [5.41, 5.74) is 1.04. The van der Waals surface area contributed by atoms with Gasteiger partial charge in [-0.25, -0.2) is 4.79 Å². The van der Waals surface area contributed by atoms with Gasteiger partial charge in [-0.2, -0.15) is 5.26 Å². The molecule has 0 aliphatic carbocycles. The maximum atomic E-state index is 11.5. The van der Waals surface area contributed by atoms with E-state index in [1.807, 2.05) is 6.07 Å². The second-order valence-corrected chi connectivity index (χ2v) is 16.9. The third-order valence-corrected chi connectivity index (χ3v) is 7.18. The second kappa shape index (κ2) is 4.95. The summed E-state index contributed by atoms with van der Waals surface area (Å²) < 4.78 is 0. The van der Waals surface area contributed by atoms with Crippen molar-refractivity contribution in [3.63, 3.8) is 0 Å². The first-order valence-electron chi connectivity index (χ1n) is 6.31. The van der Waals surface area contributed by atoms with Gasteiger partial charge >= 0.3 is 5.97 Å². The van der Waals surface area contributed by atoms with Crippen LogP contribution in [-0.4, -0.2) is 27.2 Å². The van der Waals surface area contributed by atoms with Crippen LogP contribution in [0.5, 0.6) is 0 Å². The van der Waals surface area contributed by atoms with Gasteiger partial charge in [0.15, 0.2) is 0 Å². The van der Waals surface area contributed by atoms with Crippen LogP contribution in [0.15, 0.2) is 12.1 Å². The molecule has 102 valence electrons. The normalized spacial score (nSPS) is 12.1. The molecule has 3 nitrogen and oxygen atoms in total. The number of hydrogen-bond acceptors (Lipinski definition) is 2. The third kappa shape index (κ3) is 3.34. The van der Waals surface area contributed by atoms with Crippen LogP contribution in [0, 0.1) is 11.3 Å². The quantitative estimate of drug-likeness (QED) is 0.870. The van der Waals surface area contributed by atoms with Crippen molar-refractivity contribution in [1.82, 2.24) is 0 Å². The van der Waals surface area contributed by atoms with Crippen molar-refractivity contribution in [2.24, 2.45) is 0 Å². The molecule has 0 fully saturated rings. The van der Waals surface area contributed by atoms with Crippen LogP contribution in [0.25, 0.3) is 0 Å². The molecule has 19 heavy (non-hydrogen) atoms. The lowest BCUT2D eigenvalue weighted by molar-refractivity contribution is 0.0698. The van der Waals surface area contributed by atoms with Gasteiger partial charge in [-0.3, -0.25) is 0 Å². The minimum Gasteiger partial charge on any atom is -0.478 e. The summed E-state index contributed by atoms with van der Waals surface area (Å²) in [6.07, 6.45) is 0. The number of nitriles is 1. The molecule has 1 rings (SSSR count). The van der Waals surface area contributed by atoms with E-state index in [1.165, 1.54) is 0 Å². The molecule has 0 aromatic heterocycles. The Balaban J connectivity index is 3.73. The smallest absolute Gasteiger partial charge is 0.335 e. The SMILES string of the molecule is C[Si](C)(C)c1cc(C(=O)O)c([Si](C)(C)C)cc1C#N. The Kier molecular flexibility index (Phi) is 4.08. The molecule has 0 bridgehead atoms. The molecule has 0 radical (unpaired) electrons. The van der Waals surface area contributed by atoms with Crippen LogP contribution in [0.3, 0.4) is 0 Å². The Morgan fingerprint density at radius 1 is 1.05 bits per heavy atom. The summed E-state index contributed by atoms with van der Waals surface area (Å²) in [7, 11) is -3.52. The van der Waals surface area contributed by atoms with Crippen LogP contribution in [0.1, 0.15) is 15.9 Å². The minimum absolute atomic E-state index is 0.385. The monoisotopic (exact) mass is 291 g/mol. The summed E-state index contributed by atoms with van der Waals surface area (Å²) in [6, 6.07) is 5.82. The van der Waals surface area contributed by atoms with Crippen LogP contribution in [0.2, 0.25) is 39.3 Å². The number of benzene rings is 1. The van der Waals surface area contributed by atoms with Crippen molar-refractivity contribution in [3.8, 4) is 6.07 Å². The molecule has 1 aromatic rings. The first-order valence-corrected chi connectivity index (χ1v) is 13.3. The Hall–Kier alpha value is -1.39. The molecule has 0 heterocycles. The first-order chi connectivity index (χ1) is 8.48. The number of hydrogen-bond donors (Lipinski definition) is 1. The average molecular weight is 291 g/mol. The fraction of sp³-hybridized carbons (Fsp3) is 0.429. The highest BCUT2D eigenvalue weighted by atomic mass is 28.3. The van der Waals surface area contributed by atoms with Crippen LogP contribution in [0.4, 0.5) is 0 Å². The second-order valence-electron chi connectivity index (χ2n) is 6.86. The maximum Gasteiger partial charge on any atom is 0.335 e. The van der Waals surface area contributed by atoms with Gasteiger partial charge in [0.05, 0.1) is 33.3 Å². The lowest BCUT2D eigenvalue weighted by Crippen LogP contribution is -2.47. The van der Waals surface area contributed by atoms with E-state index in [-0.39, 0.29) is 0 Å². The lowest BCUT2D eigenvalue weighted by atomic mass is 10.1. The van der Waals surface area contributed by atoms with Gasteiger partial charge in [-0.15, -0.1) is 0 Å². The molecule has 0 atom stereocenters. The summed E-state index contributed by atoms with van der Waals surface area (Å²) in [6.45, 7) is 12.7. The van der Waals surface area contributed by atoms with Crippen molar-refractivity contribution in [2.45, 2.75) is 39.3 Å². The number of carboxylic acids is 1. The Bertz CT molecular complexity index is 561. The third-order valence-electron chi connectivity index (χ3n) is 3.12. The number of rotatable bonds is 3. The fourth-order valence-corrected chi connectivity index (χ4v) is 5.19. The van der Waals surface area contributed by atoms with Gasteiger partial charge in [0.25, 0.3) is 0 Å². The molecule has 0 saturated carbocycles. The van der Waals surface area contributed by atoms with E-state index in [2.05, 4.69) is 45.4 Å². The van der Waals surface area contributed by atoms with Gasteiger partial charge in [0.1, 0.15) is 0 Å². The summed E-state index contributed by atoms with van der Waals surface area (Å²) in [4.78, 5) is 11.5. The van der Waals surface area contributed by atoms with Gasteiger partial charge in [-0.05, 0) is 22.5 Å². The molecule has 1 aromatic carbocycles. The van der Waals surface area contributed by atoms with E-state index < -0.39 is 22.1 Å². The lowest BCUT2D eigenvalue weighted by Gasteiger charge is -2.24. The van der Waals surface area contributed by atoms with Crippen LogP contribution in [-0.2, 0) is 0 Å². The van der Waals surface area contributed by atoms with Gasteiger partial charge < -0.3 is 5.11 Å². The molecular formula is C14H21NO2Si2. The van der Waals surface area contributed by atoms with Gasteiger partial charge in [0.2, 0.25) is 0 Å². The first kappa shape index (κ1) is 15.7. The summed E-state index contributed by atoms with van der Waals surface area (Å²) >= 11 is 0. The zero-order valence-corrected chi connectivity index (χ0v) is 14.5. The number of carboxylic acid groups (broad SMARTS) is 1. The van der Waals surface area contributed by atoms with Crippen LogP contribution >= 0.6 is 0 Å². The van der Waals surface area contributed by atoms with Crippen molar-refractivity contribution in [3.05, 3.63) is 23.3 Å². The highest BCUT2D eigenvalue weighted by Gasteiger charge is 2.29. The number of aromatic carboxylic acids is 1. The van der Waals surface area contributed by atoms with E-state index in [1.54, 1.807) is 6.07 Å². The maximum absolute atomic E-state index is 11.5. The molecule has 0 spiro atoms.